The Morgan fingerprint density at radius 3 is 2.74 bits per heavy atom. The van der Waals surface area contributed by atoms with Crippen molar-refractivity contribution in [3.63, 3.8) is 0 Å². The van der Waals surface area contributed by atoms with Gasteiger partial charge < -0.3 is 15.4 Å². The van der Waals surface area contributed by atoms with Crippen LogP contribution < -0.4 is 10.6 Å². The van der Waals surface area contributed by atoms with Crippen molar-refractivity contribution in [3.8, 4) is 0 Å². The molecule has 120 valence electrons. The van der Waals surface area contributed by atoms with Gasteiger partial charge in [-0.3, -0.25) is 10.1 Å². The summed E-state index contributed by atoms with van der Waals surface area (Å²) in [5, 5.41) is 10.8. The molecule has 0 spiro atoms. The van der Waals surface area contributed by atoms with Crippen molar-refractivity contribution in [2.45, 2.75) is 19.1 Å². The predicted molar refractivity (Wildman–Crippen MR) is 85.0 cm³/mol. The molecule has 2 N–H and O–H groups in total. The van der Waals surface area contributed by atoms with Gasteiger partial charge in [0.1, 0.15) is 12.3 Å². The monoisotopic (exact) mass is 315 g/mol. The highest BCUT2D eigenvalue weighted by Crippen LogP contribution is 2.28. The van der Waals surface area contributed by atoms with Crippen LogP contribution in [0.5, 0.6) is 0 Å². The Morgan fingerprint density at radius 2 is 2.09 bits per heavy atom. The smallest absolute Gasteiger partial charge is 0.329 e. The zero-order valence-corrected chi connectivity index (χ0v) is 12.6. The van der Waals surface area contributed by atoms with E-state index in [-0.39, 0.29) is 23.7 Å². The number of rotatable bonds is 3. The Kier molecular flexibility index (Phi) is 4.07. The number of nitrogens with zero attached hydrogens (tertiary/aromatic N) is 4. The van der Waals surface area contributed by atoms with Crippen LogP contribution in [0.1, 0.15) is 18.6 Å². The predicted octanol–water partition coefficient (Wildman–Crippen LogP) is 1.93. The number of nitrogen functional groups attached to an aromatic ring is 1. The second kappa shape index (κ2) is 6.17. The van der Waals surface area contributed by atoms with E-state index in [0.717, 1.165) is 11.8 Å². The lowest BCUT2D eigenvalue weighted by molar-refractivity contribution is -0.384. The zero-order chi connectivity index (χ0) is 16.4. The average molecular weight is 315 g/mol. The number of morpholine rings is 1. The number of nitrogens with two attached hydrogens (primary N) is 1. The van der Waals surface area contributed by atoms with Crippen molar-refractivity contribution >= 4 is 17.5 Å². The van der Waals surface area contributed by atoms with E-state index in [9.17, 15) is 10.1 Å². The molecule has 1 saturated heterocycles. The summed E-state index contributed by atoms with van der Waals surface area (Å²) >= 11 is 0. The number of nitro groups is 1. The van der Waals surface area contributed by atoms with Gasteiger partial charge >= 0.3 is 5.69 Å². The lowest BCUT2D eigenvalue weighted by Gasteiger charge is -2.37. The molecule has 2 atom stereocenters. The first-order valence-electron chi connectivity index (χ1n) is 7.27. The van der Waals surface area contributed by atoms with Gasteiger partial charge in [-0.25, -0.2) is 4.98 Å². The molecule has 0 radical (unpaired) electrons. The molecule has 1 fully saturated rings. The van der Waals surface area contributed by atoms with Crippen LogP contribution >= 0.6 is 0 Å². The molecule has 0 bridgehead atoms. The maximum absolute atomic E-state index is 10.8. The topological polar surface area (TPSA) is 107 Å². The minimum Gasteiger partial charge on any atom is -0.378 e. The van der Waals surface area contributed by atoms with Gasteiger partial charge in [-0.05, 0) is 12.5 Å². The van der Waals surface area contributed by atoms with Crippen molar-refractivity contribution in [1.29, 1.82) is 0 Å². The van der Waals surface area contributed by atoms with Crippen LogP contribution in [-0.2, 0) is 4.74 Å². The standard InChI is InChI=1S/C15H17N5O3/c1-10-8-19(9-13(23-10)11-5-3-2-4-6-11)15-17-7-12(20(21)22)14(16)18-15/h2-7,10,13H,8-9H2,1H3,(H2,16,17,18). The van der Waals surface area contributed by atoms with E-state index in [4.69, 9.17) is 10.5 Å². The summed E-state index contributed by atoms with van der Waals surface area (Å²) in [7, 11) is 0. The van der Waals surface area contributed by atoms with Crippen molar-refractivity contribution in [1.82, 2.24) is 9.97 Å². The second-order valence-corrected chi connectivity index (χ2v) is 5.45. The first kappa shape index (κ1) is 15.2. The number of hydrogen-bond acceptors (Lipinski definition) is 7. The SMILES string of the molecule is CC1CN(c2ncc([N+](=O)[O-])c(N)n2)CC(c2ccccc2)O1. The quantitative estimate of drug-likeness (QED) is 0.681. The summed E-state index contributed by atoms with van der Waals surface area (Å²) in [4.78, 5) is 20.3. The minimum atomic E-state index is -0.589. The van der Waals surface area contributed by atoms with Gasteiger partial charge in [0.25, 0.3) is 0 Å². The maximum Gasteiger partial charge on any atom is 0.329 e. The Morgan fingerprint density at radius 1 is 1.35 bits per heavy atom. The molecule has 3 rings (SSSR count). The van der Waals surface area contributed by atoms with Gasteiger partial charge in [0.05, 0.1) is 17.6 Å². The van der Waals surface area contributed by atoms with Gasteiger partial charge in [0.2, 0.25) is 11.8 Å². The third-order valence-corrected chi connectivity index (χ3v) is 3.70. The third kappa shape index (κ3) is 3.21. The molecule has 2 unspecified atom stereocenters. The molecule has 8 nitrogen and oxygen atoms in total. The molecular formula is C15H17N5O3. The molecule has 1 aliphatic rings. The largest absolute Gasteiger partial charge is 0.378 e. The molecule has 2 aromatic rings. The van der Waals surface area contributed by atoms with Crippen LogP contribution in [0.25, 0.3) is 0 Å². The Hall–Kier alpha value is -2.74. The molecule has 2 heterocycles. The van der Waals surface area contributed by atoms with Gasteiger partial charge in [-0.2, -0.15) is 4.98 Å². The molecular weight excluding hydrogens is 298 g/mol. The number of ether oxygens (including phenoxy) is 1. The average Bonchev–Trinajstić information content (AvgIpc) is 2.54. The van der Waals surface area contributed by atoms with Crippen LogP contribution in [0.3, 0.4) is 0 Å². The fraction of sp³-hybridized carbons (Fsp3) is 0.333. The first-order valence-corrected chi connectivity index (χ1v) is 7.27. The van der Waals surface area contributed by atoms with Gasteiger partial charge in [0, 0.05) is 6.54 Å². The number of hydrogen-bond donors (Lipinski definition) is 1. The van der Waals surface area contributed by atoms with E-state index in [2.05, 4.69) is 9.97 Å². The fourth-order valence-corrected chi connectivity index (χ4v) is 2.64. The van der Waals surface area contributed by atoms with E-state index in [1.165, 1.54) is 0 Å². The van der Waals surface area contributed by atoms with Crippen LogP contribution in [0.15, 0.2) is 36.5 Å². The molecule has 0 aliphatic carbocycles. The molecule has 1 aromatic heterocycles. The van der Waals surface area contributed by atoms with Crippen molar-refractivity contribution < 1.29 is 9.66 Å². The van der Waals surface area contributed by atoms with E-state index < -0.39 is 4.92 Å². The number of aromatic nitrogens is 2. The van der Waals surface area contributed by atoms with Crippen molar-refractivity contribution in [3.05, 3.63) is 52.2 Å². The van der Waals surface area contributed by atoms with E-state index in [0.29, 0.717) is 19.0 Å². The second-order valence-electron chi connectivity index (χ2n) is 5.45. The first-order chi connectivity index (χ1) is 11.0. The molecule has 0 saturated carbocycles. The van der Waals surface area contributed by atoms with Crippen LogP contribution in [0.2, 0.25) is 0 Å². The summed E-state index contributed by atoms with van der Waals surface area (Å²) in [6.45, 7) is 3.13. The summed E-state index contributed by atoms with van der Waals surface area (Å²) in [5.41, 5.74) is 6.44. The molecule has 8 heteroatoms. The van der Waals surface area contributed by atoms with E-state index in [1.54, 1.807) is 0 Å². The van der Waals surface area contributed by atoms with Crippen molar-refractivity contribution in [2.75, 3.05) is 23.7 Å². The minimum absolute atomic E-state index is 0.0195. The fourth-order valence-electron chi connectivity index (χ4n) is 2.64. The summed E-state index contributed by atoms with van der Waals surface area (Å²) < 4.78 is 5.98. The number of benzene rings is 1. The summed E-state index contributed by atoms with van der Waals surface area (Å²) in [6.07, 6.45) is 1.02. The zero-order valence-electron chi connectivity index (χ0n) is 12.6. The van der Waals surface area contributed by atoms with Crippen molar-refractivity contribution in [2.24, 2.45) is 0 Å². The normalized spacial score (nSPS) is 21.2. The maximum atomic E-state index is 10.8. The van der Waals surface area contributed by atoms with Gasteiger partial charge in [-0.1, -0.05) is 30.3 Å². The molecule has 1 aliphatic heterocycles. The lowest BCUT2D eigenvalue weighted by atomic mass is 10.1. The summed E-state index contributed by atoms with van der Waals surface area (Å²) in [5.74, 6) is 0.250. The Balaban J connectivity index is 1.85. The lowest BCUT2D eigenvalue weighted by Crippen LogP contribution is -2.43. The summed E-state index contributed by atoms with van der Waals surface area (Å²) in [6, 6.07) is 9.89. The van der Waals surface area contributed by atoms with Crippen LogP contribution in [0, 0.1) is 10.1 Å². The van der Waals surface area contributed by atoms with E-state index in [1.807, 2.05) is 42.2 Å². The highest BCUT2D eigenvalue weighted by molar-refractivity contribution is 5.54. The third-order valence-electron chi connectivity index (χ3n) is 3.70. The Bertz CT molecular complexity index is 710. The highest BCUT2D eigenvalue weighted by atomic mass is 16.6. The highest BCUT2D eigenvalue weighted by Gasteiger charge is 2.28. The number of anilines is 2. The molecule has 1 aromatic carbocycles. The van der Waals surface area contributed by atoms with E-state index >= 15 is 0 Å². The van der Waals surface area contributed by atoms with Gasteiger partial charge in [-0.15, -0.1) is 0 Å². The van der Waals surface area contributed by atoms with Crippen LogP contribution in [-0.4, -0.2) is 34.1 Å². The molecule has 23 heavy (non-hydrogen) atoms. The van der Waals surface area contributed by atoms with Crippen LogP contribution in [0.4, 0.5) is 17.5 Å². The Labute approximate surface area is 133 Å². The molecule has 0 amide bonds. The van der Waals surface area contributed by atoms with Gasteiger partial charge in [0.15, 0.2) is 0 Å².